The minimum absolute atomic E-state index is 0.209. The van der Waals surface area contributed by atoms with Crippen molar-refractivity contribution in [3.05, 3.63) is 46.7 Å². The van der Waals surface area contributed by atoms with Gasteiger partial charge in [-0.3, -0.25) is 19.7 Å². The largest absolute Gasteiger partial charge is 0.494 e. The third-order valence-corrected chi connectivity index (χ3v) is 7.43. The van der Waals surface area contributed by atoms with Crippen molar-refractivity contribution in [1.29, 1.82) is 0 Å². The second-order valence-corrected chi connectivity index (χ2v) is 9.35. The molecule has 0 unspecified atom stereocenters. The summed E-state index contributed by atoms with van der Waals surface area (Å²) >= 11 is 1.51. The highest BCUT2D eigenvalue weighted by Crippen LogP contribution is 2.52. The number of nitrogens with zero attached hydrogens (tertiary/aromatic N) is 1. The first-order chi connectivity index (χ1) is 16.0. The Bertz CT molecular complexity index is 1010. The number of amides is 2. The molecule has 3 heterocycles. The third kappa shape index (κ3) is 3.95. The molecule has 0 saturated carbocycles. The average Bonchev–Trinajstić information content (AvgIpc) is 3.51. The highest BCUT2D eigenvalue weighted by Gasteiger charge is 2.68. The lowest BCUT2D eigenvalue weighted by Gasteiger charge is -2.32. The molecule has 176 valence electrons. The van der Waals surface area contributed by atoms with E-state index < -0.39 is 29.4 Å². The predicted octanol–water partition coefficient (Wildman–Crippen LogP) is 4.09. The summed E-state index contributed by atoms with van der Waals surface area (Å²) in [5, 5.41) is 5.37. The zero-order valence-corrected chi connectivity index (χ0v) is 20.0. The maximum absolute atomic E-state index is 13.8. The van der Waals surface area contributed by atoms with E-state index in [2.05, 4.69) is 5.32 Å². The standard InChI is InChI=1S/C25H30N2O5S/c1-4-7-14-25(24(30)32-6-3)20-19(21(26-25)18-9-8-15-33-18)22(28)27(23(20)29)16-10-12-17(13-11-16)31-5-2/h8-13,15,19-21,26H,4-7,14H2,1-3H3/t19-,20-,21+,25-/m0/s1. The van der Waals surface area contributed by atoms with E-state index in [1.54, 1.807) is 31.2 Å². The molecule has 7 nitrogen and oxygen atoms in total. The van der Waals surface area contributed by atoms with Crippen LogP contribution in [0.25, 0.3) is 0 Å². The number of nitrogens with one attached hydrogen (secondary N) is 1. The van der Waals surface area contributed by atoms with Crippen LogP contribution in [-0.4, -0.2) is 36.5 Å². The SMILES string of the molecule is CCCC[C@]1(C(=O)OCC)N[C@H](c2cccs2)[C@H]2C(=O)N(c3ccc(OCC)cc3)C(=O)[C@H]21. The number of hydrogen-bond donors (Lipinski definition) is 1. The van der Waals surface area contributed by atoms with Gasteiger partial charge < -0.3 is 9.47 Å². The van der Waals surface area contributed by atoms with E-state index in [1.807, 2.05) is 31.4 Å². The molecule has 0 bridgehead atoms. The molecular weight excluding hydrogens is 440 g/mol. The normalized spacial score (nSPS) is 26.5. The van der Waals surface area contributed by atoms with Gasteiger partial charge in [-0.25, -0.2) is 4.90 Å². The van der Waals surface area contributed by atoms with Gasteiger partial charge in [0.25, 0.3) is 0 Å². The topological polar surface area (TPSA) is 84.9 Å². The first kappa shape index (κ1) is 23.4. The summed E-state index contributed by atoms with van der Waals surface area (Å²) in [7, 11) is 0. The molecule has 2 saturated heterocycles. The van der Waals surface area contributed by atoms with E-state index in [9.17, 15) is 14.4 Å². The Morgan fingerprint density at radius 2 is 1.85 bits per heavy atom. The lowest BCUT2D eigenvalue weighted by atomic mass is 9.77. The number of fused-ring (bicyclic) bond motifs is 1. The number of rotatable bonds is 9. The molecule has 0 radical (unpaired) electrons. The van der Waals surface area contributed by atoms with Gasteiger partial charge in [-0.15, -0.1) is 11.3 Å². The number of imide groups is 1. The molecule has 2 aromatic rings. The van der Waals surface area contributed by atoms with Crippen LogP contribution < -0.4 is 15.0 Å². The van der Waals surface area contributed by atoms with Crippen molar-refractivity contribution in [2.24, 2.45) is 11.8 Å². The van der Waals surface area contributed by atoms with Gasteiger partial charge in [0.2, 0.25) is 11.8 Å². The fourth-order valence-corrected chi connectivity index (χ4v) is 5.89. The van der Waals surface area contributed by atoms with Crippen molar-refractivity contribution < 1.29 is 23.9 Å². The second kappa shape index (κ2) is 9.65. The molecule has 2 aliphatic heterocycles. The Balaban J connectivity index is 1.78. The molecule has 33 heavy (non-hydrogen) atoms. The summed E-state index contributed by atoms with van der Waals surface area (Å²) in [5.41, 5.74) is -0.751. The van der Waals surface area contributed by atoms with Gasteiger partial charge in [-0.1, -0.05) is 25.8 Å². The van der Waals surface area contributed by atoms with Crippen molar-refractivity contribution in [2.45, 2.75) is 51.6 Å². The van der Waals surface area contributed by atoms with Crippen LogP contribution in [0.15, 0.2) is 41.8 Å². The Hall–Kier alpha value is -2.71. The maximum Gasteiger partial charge on any atom is 0.327 e. The molecule has 2 aliphatic rings. The molecule has 8 heteroatoms. The molecule has 0 spiro atoms. The molecule has 2 fully saturated rings. The van der Waals surface area contributed by atoms with E-state index in [1.165, 1.54) is 16.2 Å². The van der Waals surface area contributed by atoms with Gasteiger partial charge in [-0.2, -0.15) is 0 Å². The average molecular weight is 471 g/mol. The quantitative estimate of drug-likeness (QED) is 0.439. The Labute approximate surface area is 198 Å². The zero-order valence-electron chi connectivity index (χ0n) is 19.2. The van der Waals surface area contributed by atoms with E-state index in [4.69, 9.17) is 9.47 Å². The van der Waals surface area contributed by atoms with Crippen LogP contribution in [0.3, 0.4) is 0 Å². The molecule has 4 rings (SSSR count). The summed E-state index contributed by atoms with van der Waals surface area (Å²) in [6.07, 6.45) is 2.02. The van der Waals surface area contributed by atoms with Gasteiger partial charge in [0.1, 0.15) is 11.3 Å². The monoisotopic (exact) mass is 470 g/mol. The number of anilines is 1. The van der Waals surface area contributed by atoms with Gasteiger partial charge in [-0.05, 0) is 56.0 Å². The molecule has 1 aromatic heterocycles. The number of carbonyl (C=O) groups excluding carboxylic acids is 3. The van der Waals surface area contributed by atoms with Crippen LogP contribution in [0.4, 0.5) is 5.69 Å². The Morgan fingerprint density at radius 3 is 2.45 bits per heavy atom. The molecule has 1 N–H and O–H groups in total. The van der Waals surface area contributed by atoms with Crippen molar-refractivity contribution in [1.82, 2.24) is 5.32 Å². The van der Waals surface area contributed by atoms with Crippen molar-refractivity contribution >= 4 is 34.8 Å². The molecular formula is C25H30N2O5S. The molecule has 4 atom stereocenters. The highest BCUT2D eigenvalue weighted by atomic mass is 32.1. The van der Waals surface area contributed by atoms with Gasteiger partial charge in [0.05, 0.1) is 36.8 Å². The van der Waals surface area contributed by atoms with Crippen LogP contribution in [0.2, 0.25) is 0 Å². The van der Waals surface area contributed by atoms with Crippen LogP contribution >= 0.6 is 11.3 Å². The lowest BCUT2D eigenvalue weighted by Crippen LogP contribution is -2.56. The first-order valence-electron chi connectivity index (χ1n) is 11.6. The smallest absolute Gasteiger partial charge is 0.327 e. The minimum atomic E-state index is -1.24. The summed E-state index contributed by atoms with van der Waals surface area (Å²) in [6, 6.07) is 10.4. The van der Waals surface area contributed by atoms with E-state index >= 15 is 0 Å². The minimum Gasteiger partial charge on any atom is -0.494 e. The van der Waals surface area contributed by atoms with Crippen LogP contribution in [0.5, 0.6) is 5.75 Å². The van der Waals surface area contributed by atoms with E-state index in [0.29, 0.717) is 24.5 Å². The number of ether oxygens (including phenoxy) is 2. The fourth-order valence-electron chi connectivity index (χ4n) is 5.06. The number of unbranched alkanes of at least 4 members (excludes halogenated alkanes) is 1. The molecule has 2 amide bonds. The molecule has 0 aliphatic carbocycles. The summed E-state index contributed by atoms with van der Waals surface area (Å²) in [4.78, 5) is 43.1. The highest BCUT2D eigenvalue weighted by molar-refractivity contribution is 7.10. The maximum atomic E-state index is 13.8. The van der Waals surface area contributed by atoms with Gasteiger partial charge in [0, 0.05) is 4.88 Å². The summed E-state index contributed by atoms with van der Waals surface area (Å²) in [5.74, 6) is -1.93. The van der Waals surface area contributed by atoms with Crippen molar-refractivity contribution in [3.63, 3.8) is 0 Å². The fraction of sp³-hybridized carbons (Fsp3) is 0.480. The van der Waals surface area contributed by atoms with Gasteiger partial charge in [0.15, 0.2) is 0 Å². The Morgan fingerprint density at radius 1 is 1.09 bits per heavy atom. The van der Waals surface area contributed by atoms with E-state index in [-0.39, 0.29) is 18.4 Å². The van der Waals surface area contributed by atoms with Gasteiger partial charge >= 0.3 is 5.97 Å². The Kier molecular flexibility index (Phi) is 6.86. The summed E-state index contributed by atoms with van der Waals surface area (Å²) in [6.45, 7) is 6.42. The van der Waals surface area contributed by atoms with Crippen molar-refractivity contribution in [2.75, 3.05) is 18.1 Å². The number of hydrogen-bond acceptors (Lipinski definition) is 7. The van der Waals surface area contributed by atoms with Crippen molar-refractivity contribution in [3.8, 4) is 5.75 Å². The van der Waals surface area contributed by atoms with E-state index in [0.717, 1.165) is 17.7 Å². The van der Waals surface area contributed by atoms with Crippen LogP contribution in [0.1, 0.15) is 51.0 Å². The van der Waals surface area contributed by atoms with Crippen LogP contribution in [0, 0.1) is 11.8 Å². The second-order valence-electron chi connectivity index (χ2n) is 8.38. The predicted molar refractivity (Wildman–Crippen MR) is 126 cm³/mol. The number of carbonyl (C=O) groups is 3. The lowest BCUT2D eigenvalue weighted by molar-refractivity contribution is -0.155. The number of thiophene rings is 1. The number of benzene rings is 1. The zero-order chi connectivity index (χ0) is 23.6. The summed E-state index contributed by atoms with van der Waals surface area (Å²) < 4.78 is 11.0. The first-order valence-corrected chi connectivity index (χ1v) is 12.4. The third-order valence-electron chi connectivity index (χ3n) is 6.47. The van der Waals surface area contributed by atoms with Crippen LogP contribution in [-0.2, 0) is 19.1 Å². The number of esters is 1. The molecule has 1 aromatic carbocycles.